The number of halogens is 1. The van der Waals surface area contributed by atoms with Crippen molar-refractivity contribution in [2.45, 2.75) is 0 Å². The SMILES string of the molecule is NC(=O)/C=C/CBr. The second kappa shape index (κ2) is 3.87. The highest BCUT2D eigenvalue weighted by Crippen LogP contribution is 1.78. The van der Waals surface area contributed by atoms with Gasteiger partial charge in [-0.1, -0.05) is 22.0 Å². The lowest BCUT2D eigenvalue weighted by atomic mass is 10.5. The van der Waals surface area contributed by atoms with Gasteiger partial charge in [-0.2, -0.15) is 0 Å². The van der Waals surface area contributed by atoms with E-state index in [1.54, 1.807) is 6.08 Å². The molecule has 0 rings (SSSR count). The summed E-state index contributed by atoms with van der Waals surface area (Å²) >= 11 is 3.08. The van der Waals surface area contributed by atoms with Gasteiger partial charge in [-0.3, -0.25) is 4.79 Å². The summed E-state index contributed by atoms with van der Waals surface area (Å²) in [6.07, 6.45) is 2.96. The first kappa shape index (κ1) is 6.69. The van der Waals surface area contributed by atoms with Crippen molar-refractivity contribution in [3.8, 4) is 0 Å². The van der Waals surface area contributed by atoms with Crippen molar-refractivity contribution in [3.63, 3.8) is 0 Å². The van der Waals surface area contributed by atoms with Crippen LogP contribution in [0.1, 0.15) is 0 Å². The molecule has 0 atom stereocenters. The van der Waals surface area contributed by atoms with Crippen molar-refractivity contribution < 1.29 is 4.79 Å². The Kier molecular flexibility index (Phi) is 3.69. The van der Waals surface area contributed by atoms with E-state index in [1.165, 1.54) is 6.08 Å². The smallest absolute Gasteiger partial charge is 0.241 e. The molecular formula is C4H6BrNO. The van der Waals surface area contributed by atoms with Crippen LogP contribution < -0.4 is 5.73 Å². The van der Waals surface area contributed by atoms with Crippen molar-refractivity contribution in [1.82, 2.24) is 0 Å². The Morgan fingerprint density at radius 2 is 2.43 bits per heavy atom. The standard InChI is InChI=1S/C4H6BrNO/c5-3-1-2-4(6)7/h1-2H,3H2,(H2,6,7)/b2-1+. The number of nitrogens with two attached hydrogens (primary N) is 1. The van der Waals surface area contributed by atoms with Gasteiger partial charge in [-0.15, -0.1) is 0 Å². The molecular weight excluding hydrogens is 158 g/mol. The monoisotopic (exact) mass is 163 g/mol. The van der Waals surface area contributed by atoms with E-state index in [0.717, 1.165) is 0 Å². The Labute approximate surface area is 50.5 Å². The lowest BCUT2D eigenvalue weighted by Gasteiger charge is -1.73. The third kappa shape index (κ3) is 5.69. The van der Waals surface area contributed by atoms with Crippen molar-refractivity contribution in [1.29, 1.82) is 0 Å². The maximum atomic E-state index is 9.87. The highest BCUT2D eigenvalue weighted by atomic mass is 79.9. The molecule has 40 valence electrons. The third-order valence-corrected chi connectivity index (χ3v) is 0.745. The summed E-state index contributed by atoms with van der Waals surface area (Å²) < 4.78 is 0. The number of rotatable bonds is 2. The number of carbonyl (C=O) groups excluding carboxylic acids is 1. The Balaban J connectivity index is 3.26. The average Bonchev–Trinajstić information content (AvgIpc) is 1.61. The molecule has 0 aliphatic rings. The van der Waals surface area contributed by atoms with Crippen LogP contribution in [0.25, 0.3) is 0 Å². The van der Waals surface area contributed by atoms with E-state index >= 15 is 0 Å². The number of hydrogen-bond acceptors (Lipinski definition) is 1. The molecule has 0 unspecified atom stereocenters. The van der Waals surface area contributed by atoms with Gasteiger partial charge in [0.15, 0.2) is 0 Å². The third-order valence-electron chi connectivity index (χ3n) is 0.371. The molecule has 0 aromatic heterocycles. The van der Waals surface area contributed by atoms with Crippen LogP contribution in [0.15, 0.2) is 12.2 Å². The van der Waals surface area contributed by atoms with E-state index in [-0.39, 0.29) is 0 Å². The van der Waals surface area contributed by atoms with Crippen LogP contribution in [-0.2, 0) is 4.79 Å². The molecule has 0 saturated heterocycles. The number of carbonyl (C=O) groups is 1. The topological polar surface area (TPSA) is 43.1 Å². The van der Waals surface area contributed by atoms with E-state index < -0.39 is 5.91 Å². The average molecular weight is 164 g/mol. The Morgan fingerprint density at radius 3 is 2.57 bits per heavy atom. The zero-order chi connectivity index (χ0) is 5.70. The zero-order valence-corrected chi connectivity index (χ0v) is 5.31. The fourth-order valence-corrected chi connectivity index (χ4v) is 0.348. The van der Waals surface area contributed by atoms with Crippen molar-refractivity contribution in [2.75, 3.05) is 5.33 Å². The van der Waals surface area contributed by atoms with Gasteiger partial charge in [0, 0.05) is 5.33 Å². The predicted molar refractivity (Wildman–Crippen MR) is 32.1 cm³/mol. The summed E-state index contributed by atoms with van der Waals surface area (Å²) in [4.78, 5) is 9.87. The van der Waals surface area contributed by atoms with Crippen LogP contribution in [0.3, 0.4) is 0 Å². The summed E-state index contributed by atoms with van der Waals surface area (Å²) in [6.45, 7) is 0. The number of hydrogen-bond donors (Lipinski definition) is 1. The quantitative estimate of drug-likeness (QED) is 0.466. The largest absolute Gasteiger partial charge is 0.366 e. The molecule has 0 heterocycles. The molecule has 7 heavy (non-hydrogen) atoms. The van der Waals surface area contributed by atoms with Crippen molar-refractivity contribution in [2.24, 2.45) is 5.73 Å². The number of amides is 1. The van der Waals surface area contributed by atoms with Gasteiger partial charge in [0.2, 0.25) is 5.91 Å². The van der Waals surface area contributed by atoms with Gasteiger partial charge in [-0.25, -0.2) is 0 Å². The first-order chi connectivity index (χ1) is 3.27. The summed E-state index contributed by atoms with van der Waals surface area (Å²) in [6, 6.07) is 0. The second-order valence-corrected chi connectivity index (χ2v) is 1.61. The van der Waals surface area contributed by atoms with Crippen LogP contribution >= 0.6 is 15.9 Å². The molecule has 0 aromatic rings. The second-order valence-electron chi connectivity index (χ2n) is 0.959. The van der Waals surface area contributed by atoms with E-state index in [0.29, 0.717) is 5.33 Å². The van der Waals surface area contributed by atoms with Gasteiger partial charge >= 0.3 is 0 Å². The summed E-state index contributed by atoms with van der Waals surface area (Å²) in [5, 5.41) is 0.677. The van der Waals surface area contributed by atoms with E-state index in [2.05, 4.69) is 15.9 Å². The molecule has 3 heteroatoms. The van der Waals surface area contributed by atoms with Gasteiger partial charge < -0.3 is 5.73 Å². The van der Waals surface area contributed by atoms with E-state index in [4.69, 9.17) is 5.73 Å². The molecule has 0 aliphatic carbocycles. The van der Waals surface area contributed by atoms with Gasteiger partial charge in [0.05, 0.1) is 0 Å². The molecule has 0 aromatic carbocycles. The molecule has 0 spiro atoms. The van der Waals surface area contributed by atoms with Crippen LogP contribution in [0.5, 0.6) is 0 Å². The van der Waals surface area contributed by atoms with Crippen molar-refractivity contribution in [3.05, 3.63) is 12.2 Å². The molecule has 2 nitrogen and oxygen atoms in total. The number of allylic oxidation sites excluding steroid dienone is 1. The summed E-state index contributed by atoms with van der Waals surface area (Å²) in [5.74, 6) is -0.403. The Morgan fingerprint density at radius 1 is 1.86 bits per heavy atom. The Bertz CT molecular complexity index is 89.7. The van der Waals surface area contributed by atoms with Gasteiger partial charge in [0.25, 0.3) is 0 Å². The van der Waals surface area contributed by atoms with Crippen molar-refractivity contribution >= 4 is 21.8 Å². The van der Waals surface area contributed by atoms with Crippen LogP contribution in [0, 0.1) is 0 Å². The minimum Gasteiger partial charge on any atom is -0.366 e. The summed E-state index contributed by atoms with van der Waals surface area (Å²) in [7, 11) is 0. The van der Waals surface area contributed by atoms with E-state index in [9.17, 15) is 4.79 Å². The molecule has 2 N–H and O–H groups in total. The zero-order valence-electron chi connectivity index (χ0n) is 3.73. The first-order valence-corrected chi connectivity index (χ1v) is 2.91. The molecule has 0 fully saturated rings. The Hall–Kier alpha value is -0.310. The highest BCUT2D eigenvalue weighted by Gasteiger charge is 1.76. The maximum absolute atomic E-state index is 9.87. The number of alkyl halides is 1. The molecule has 1 amide bonds. The van der Waals surface area contributed by atoms with Crippen LogP contribution in [-0.4, -0.2) is 11.2 Å². The summed E-state index contributed by atoms with van der Waals surface area (Å²) in [5.41, 5.74) is 4.73. The molecule has 0 saturated carbocycles. The van der Waals surface area contributed by atoms with E-state index in [1.807, 2.05) is 0 Å². The van der Waals surface area contributed by atoms with Gasteiger partial charge in [0.1, 0.15) is 0 Å². The van der Waals surface area contributed by atoms with Crippen LogP contribution in [0.2, 0.25) is 0 Å². The fraction of sp³-hybridized carbons (Fsp3) is 0.250. The molecule has 0 bridgehead atoms. The first-order valence-electron chi connectivity index (χ1n) is 1.79. The molecule has 0 aliphatic heterocycles. The lowest BCUT2D eigenvalue weighted by molar-refractivity contribution is -0.113. The minimum atomic E-state index is -0.403. The lowest BCUT2D eigenvalue weighted by Crippen LogP contribution is -2.05. The predicted octanol–water partition coefficient (Wildman–Crippen LogP) is 0.423. The van der Waals surface area contributed by atoms with Gasteiger partial charge in [-0.05, 0) is 6.08 Å². The van der Waals surface area contributed by atoms with Crippen LogP contribution in [0.4, 0.5) is 0 Å². The maximum Gasteiger partial charge on any atom is 0.241 e. The minimum absolute atomic E-state index is 0.403. The highest BCUT2D eigenvalue weighted by molar-refractivity contribution is 9.09. The molecule has 0 radical (unpaired) electrons. The fourth-order valence-electron chi connectivity index (χ4n) is 0.161. The normalized spacial score (nSPS) is 9.86. The number of primary amides is 1.